The fourth-order valence-corrected chi connectivity index (χ4v) is 3.69. The molecule has 0 radical (unpaired) electrons. The van der Waals surface area contributed by atoms with Crippen LogP contribution in [-0.2, 0) is 6.18 Å². The van der Waals surface area contributed by atoms with Crippen LogP contribution in [0.5, 0.6) is 0 Å². The molecule has 1 N–H and O–H groups in total. The summed E-state index contributed by atoms with van der Waals surface area (Å²) >= 11 is 0. The Morgan fingerprint density at radius 3 is 2.55 bits per heavy atom. The van der Waals surface area contributed by atoms with Gasteiger partial charge in [-0.15, -0.1) is 0 Å². The summed E-state index contributed by atoms with van der Waals surface area (Å²) in [6.07, 6.45) is 1.79. The fraction of sp³-hybridized carbons (Fsp3) is 0.350. The zero-order valence-corrected chi connectivity index (χ0v) is 16.6. The highest BCUT2D eigenvalue weighted by atomic mass is 19.4. The molecule has 2 atom stereocenters. The molecule has 3 heterocycles. The van der Waals surface area contributed by atoms with Crippen molar-refractivity contribution in [2.45, 2.75) is 38.0 Å². The predicted molar refractivity (Wildman–Crippen MR) is 106 cm³/mol. The lowest BCUT2D eigenvalue weighted by atomic mass is 9.96. The summed E-state index contributed by atoms with van der Waals surface area (Å²) in [5, 5.41) is 11.4. The molecule has 1 fully saturated rings. The minimum Gasteiger partial charge on any atom is -0.364 e. The van der Waals surface area contributed by atoms with Crippen LogP contribution in [0.25, 0.3) is 5.69 Å². The van der Waals surface area contributed by atoms with Crippen molar-refractivity contribution in [1.29, 1.82) is 0 Å². The minimum atomic E-state index is -4.54. The van der Waals surface area contributed by atoms with Gasteiger partial charge in [-0.05, 0) is 31.9 Å². The molecule has 1 amide bonds. The van der Waals surface area contributed by atoms with Gasteiger partial charge < -0.3 is 10.2 Å². The molecule has 31 heavy (non-hydrogen) atoms. The molecular weight excluding hydrogens is 411 g/mol. The Bertz CT molecular complexity index is 1040. The van der Waals surface area contributed by atoms with Gasteiger partial charge in [0.1, 0.15) is 5.82 Å². The number of nitrogens with zero attached hydrogens (tertiary/aromatic N) is 6. The third-order valence-corrected chi connectivity index (χ3v) is 5.29. The average molecular weight is 431 g/mol. The zero-order chi connectivity index (χ0) is 22.0. The van der Waals surface area contributed by atoms with Crippen LogP contribution in [0.2, 0.25) is 0 Å². The van der Waals surface area contributed by atoms with Crippen LogP contribution >= 0.6 is 0 Å². The van der Waals surface area contributed by atoms with Gasteiger partial charge in [0.25, 0.3) is 5.91 Å². The van der Waals surface area contributed by atoms with Gasteiger partial charge in [-0.2, -0.15) is 28.2 Å². The molecule has 0 saturated carbocycles. The highest BCUT2D eigenvalue weighted by Gasteiger charge is 2.34. The number of piperidine rings is 1. The van der Waals surface area contributed by atoms with E-state index in [0.29, 0.717) is 24.0 Å². The average Bonchev–Trinajstić information content (AvgIpc) is 3.29. The molecule has 162 valence electrons. The Labute approximate surface area is 176 Å². The monoisotopic (exact) mass is 431 g/mol. The van der Waals surface area contributed by atoms with Crippen LogP contribution < -0.4 is 5.32 Å². The molecule has 2 aromatic heterocycles. The summed E-state index contributed by atoms with van der Waals surface area (Å²) in [6, 6.07) is 6.69. The Balaban J connectivity index is 1.52. The molecule has 1 aliphatic heterocycles. The number of halogens is 3. The summed E-state index contributed by atoms with van der Waals surface area (Å²) in [4.78, 5) is 23.8. The van der Waals surface area contributed by atoms with Crippen molar-refractivity contribution >= 4 is 11.7 Å². The van der Waals surface area contributed by atoms with E-state index >= 15 is 0 Å². The number of likely N-dealkylation sites (tertiary alicyclic amines) is 1. The van der Waals surface area contributed by atoms with Crippen LogP contribution in [0.15, 0.2) is 49.1 Å². The molecule has 1 aromatic carbocycles. The van der Waals surface area contributed by atoms with Crippen LogP contribution in [0.4, 0.5) is 19.0 Å². The molecular formula is C20H20F3N7O. The lowest BCUT2D eigenvalue weighted by Gasteiger charge is -2.40. The first-order chi connectivity index (χ1) is 14.8. The standard InChI is InChI=1S/C20H20F3N7O/c1-13-15(28-18-12-24-17(11-25-18)20(21,22)23)6-4-10-29(13)19(31)14-5-2-3-7-16(14)30-26-8-9-27-30/h2-3,5,7-9,11-13,15H,4,6,10H2,1H3,(H,25,28)/t13-,15+/m1/s1. The number of rotatable bonds is 4. The fourth-order valence-electron chi connectivity index (χ4n) is 3.69. The molecule has 1 saturated heterocycles. The van der Waals surface area contributed by atoms with Crippen molar-refractivity contribution in [1.82, 2.24) is 29.9 Å². The van der Waals surface area contributed by atoms with Crippen LogP contribution in [0, 0.1) is 0 Å². The summed E-state index contributed by atoms with van der Waals surface area (Å²) < 4.78 is 38.1. The van der Waals surface area contributed by atoms with Gasteiger partial charge in [0, 0.05) is 18.6 Å². The maximum Gasteiger partial charge on any atom is 0.434 e. The van der Waals surface area contributed by atoms with E-state index in [0.717, 1.165) is 19.0 Å². The lowest BCUT2D eigenvalue weighted by Crippen LogP contribution is -2.52. The maximum atomic E-state index is 13.4. The molecule has 8 nitrogen and oxygen atoms in total. The Morgan fingerprint density at radius 2 is 1.87 bits per heavy atom. The predicted octanol–water partition coefficient (Wildman–Crippen LogP) is 3.18. The van der Waals surface area contributed by atoms with Gasteiger partial charge in [-0.25, -0.2) is 9.97 Å². The first-order valence-electron chi connectivity index (χ1n) is 9.77. The number of alkyl halides is 3. The van der Waals surface area contributed by atoms with E-state index in [9.17, 15) is 18.0 Å². The highest BCUT2D eigenvalue weighted by molar-refractivity contribution is 5.98. The first kappa shape index (κ1) is 20.8. The quantitative estimate of drug-likeness (QED) is 0.683. The number of benzene rings is 1. The number of hydrogen-bond donors (Lipinski definition) is 1. The van der Waals surface area contributed by atoms with E-state index in [1.54, 1.807) is 23.1 Å². The first-order valence-corrected chi connectivity index (χ1v) is 9.77. The second-order valence-electron chi connectivity index (χ2n) is 7.25. The lowest BCUT2D eigenvalue weighted by molar-refractivity contribution is -0.141. The van der Waals surface area contributed by atoms with Crippen molar-refractivity contribution in [2.75, 3.05) is 11.9 Å². The minimum absolute atomic E-state index is 0.162. The second kappa shape index (κ2) is 8.32. The number of carbonyl (C=O) groups is 1. The highest BCUT2D eigenvalue weighted by Crippen LogP contribution is 2.28. The molecule has 0 bridgehead atoms. The van der Waals surface area contributed by atoms with Crippen molar-refractivity contribution in [3.63, 3.8) is 0 Å². The van der Waals surface area contributed by atoms with Gasteiger partial charge in [-0.3, -0.25) is 4.79 Å². The number of anilines is 1. The van der Waals surface area contributed by atoms with Crippen molar-refractivity contribution in [3.05, 3.63) is 60.3 Å². The molecule has 4 rings (SSSR count). The smallest absolute Gasteiger partial charge is 0.364 e. The van der Waals surface area contributed by atoms with Crippen LogP contribution in [0.1, 0.15) is 35.8 Å². The topological polar surface area (TPSA) is 88.8 Å². The maximum absolute atomic E-state index is 13.4. The van der Waals surface area contributed by atoms with Crippen molar-refractivity contribution in [2.24, 2.45) is 0 Å². The van der Waals surface area contributed by atoms with Gasteiger partial charge in [0.15, 0.2) is 5.69 Å². The normalized spacial score (nSPS) is 19.3. The number of nitrogens with one attached hydrogen (secondary N) is 1. The summed E-state index contributed by atoms with van der Waals surface area (Å²) in [7, 11) is 0. The molecule has 11 heteroatoms. The van der Waals surface area contributed by atoms with E-state index in [4.69, 9.17) is 0 Å². The number of hydrogen-bond acceptors (Lipinski definition) is 6. The SMILES string of the molecule is C[C@@H]1[C@@H](Nc2cnc(C(F)(F)F)cn2)CCCN1C(=O)c1ccccc1-n1nccn1. The third kappa shape index (κ3) is 4.35. The Kier molecular flexibility index (Phi) is 5.57. The summed E-state index contributed by atoms with van der Waals surface area (Å²) in [6.45, 7) is 2.47. The van der Waals surface area contributed by atoms with E-state index in [-0.39, 0.29) is 23.8 Å². The number of aromatic nitrogens is 5. The third-order valence-electron chi connectivity index (χ3n) is 5.29. The number of carbonyl (C=O) groups excluding carboxylic acids is 1. The van der Waals surface area contributed by atoms with Crippen molar-refractivity contribution in [3.8, 4) is 5.69 Å². The van der Waals surface area contributed by atoms with Gasteiger partial charge in [-0.1, -0.05) is 12.1 Å². The molecule has 0 spiro atoms. The largest absolute Gasteiger partial charge is 0.434 e. The Morgan fingerprint density at radius 1 is 1.13 bits per heavy atom. The van der Waals surface area contributed by atoms with E-state index in [1.807, 2.05) is 13.0 Å². The van der Waals surface area contributed by atoms with Crippen molar-refractivity contribution < 1.29 is 18.0 Å². The van der Waals surface area contributed by atoms with Gasteiger partial charge >= 0.3 is 6.18 Å². The van der Waals surface area contributed by atoms with Gasteiger partial charge in [0.2, 0.25) is 0 Å². The molecule has 0 aliphatic carbocycles. The van der Waals surface area contributed by atoms with E-state index < -0.39 is 11.9 Å². The molecule has 0 unspecified atom stereocenters. The van der Waals surface area contributed by atoms with E-state index in [2.05, 4.69) is 25.5 Å². The van der Waals surface area contributed by atoms with Crippen LogP contribution in [-0.4, -0.2) is 54.4 Å². The van der Waals surface area contributed by atoms with Crippen LogP contribution in [0.3, 0.4) is 0 Å². The number of amides is 1. The van der Waals surface area contributed by atoms with Gasteiger partial charge in [0.05, 0.1) is 36.0 Å². The summed E-state index contributed by atoms with van der Waals surface area (Å²) in [5.41, 5.74) is 0.00398. The Hall–Kier alpha value is -3.50. The molecule has 1 aliphatic rings. The van der Waals surface area contributed by atoms with E-state index in [1.165, 1.54) is 17.2 Å². The zero-order valence-electron chi connectivity index (χ0n) is 16.6. The molecule has 3 aromatic rings. The summed E-state index contributed by atoms with van der Waals surface area (Å²) in [5.74, 6) is 0.0747. The second-order valence-corrected chi connectivity index (χ2v) is 7.25. The number of para-hydroxylation sites is 1.